The summed E-state index contributed by atoms with van der Waals surface area (Å²) in [6.45, 7) is 21.8. The molecule has 0 aliphatic heterocycles. The predicted molar refractivity (Wildman–Crippen MR) is 163 cm³/mol. The van der Waals surface area contributed by atoms with Gasteiger partial charge in [0.15, 0.2) is 0 Å². The van der Waals surface area contributed by atoms with E-state index in [0.717, 1.165) is 18.3 Å². The molecule has 5 aliphatic carbocycles. The maximum absolute atomic E-state index is 10.9. The zero-order valence-electron chi connectivity index (χ0n) is 26.2. The number of aliphatic hydroxyl groups is 2. The lowest BCUT2D eigenvalue weighted by atomic mass is 9.32. The van der Waals surface area contributed by atoms with Crippen LogP contribution < -0.4 is 0 Å². The van der Waals surface area contributed by atoms with Crippen molar-refractivity contribution < 1.29 is 10.2 Å². The highest BCUT2D eigenvalue weighted by Crippen LogP contribution is 2.77. The molecule has 0 saturated heterocycles. The standard InChI is InChI=1S/C30H50O2.C7H8/c1-19(2)20-10-15-30(18-31)17-16-28(6)21(25(20)30)8-9-23-27(5)13-12-24(32)26(3,4)22(27)11-14-29(23,28)7;1-7-5-3-2-4-6-7/h20-25,31-32H,1,8-18H2,2-7H3;2-6H,1H3/t20-,21+,22-,23+,24-,25+,27-,28+,29+,30+;/m0./s1. The average molecular weight is 535 g/mol. The van der Waals surface area contributed by atoms with Crippen LogP contribution in [0.15, 0.2) is 42.5 Å². The van der Waals surface area contributed by atoms with E-state index < -0.39 is 0 Å². The van der Waals surface area contributed by atoms with Gasteiger partial charge < -0.3 is 10.2 Å². The molecule has 0 heterocycles. The molecule has 0 unspecified atom stereocenters. The molecule has 2 heteroatoms. The van der Waals surface area contributed by atoms with Gasteiger partial charge in [-0.2, -0.15) is 0 Å². The summed E-state index contributed by atoms with van der Waals surface area (Å²) in [6, 6.07) is 10.3. The van der Waals surface area contributed by atoms with E-state index in [2.05, 4.69) is 67.2 Å². The second-order valence-electron chi connectivity index (χ2n) is 16.2. The Labute approximate surface area is 240 Å². The molecule has 5 aliphatic rings. The van der Waals surface area contributed by atoms with Gasteiger partial charge >= 0.3 is 0 Å². The number of aliphatic hydroxyl groups excluding tert-OH is 2. The van der Waals surface area contributed by atoms with Crippen molar-refractivity contribution in [2.45, 2.75) is 119 Å². The lowest BCUT2D eigenvalue weighted by Crippen LogP contribution is -2.66. The number of benzene rings is 1. The Balaban J connectivity index is 0.000000384. The molecule has 2 nitrogen and oxygen atoms in total. The molecule has 1 aromatic rings. The number of hydrogen-bond acceptors (Lipinski definition) is 2. The molecule has 0 radical (unpaired) electrons. The topological polar surface area (TPSA) is 40.5 Å². The maximum Gasteiger partial charge on any atom is 0.0594 e. The number of aryl methyl sites for hydroxylation is 1. The van der Waals surface area contributed by atoms with Crippen molar-refractivity contribution in [3.63, 3.8) is 0 Å². The third-order valence-electron chi connectivity index (χ3n) is 14.5. The predicted octanol–water partition coefficient (Wildman–Crippen LogP) is 8.99. The van der Waals surface area contributed by atoms with Crippen LogP contribution in [0.3, 0.4) is 0 Å². The van der Waals surface area contributed by atoms with E-state index in [4.69, 9.17) is 0 Å². The van der Waals surface area contributed by atoms with Crippen LogP contribution in [0, 0.1) is 63.6 Å². The number of fused-ring (bicyclic) bond motifs is 7. The van der Waals surface area contributed by atoms with E-state index in [1.807, 2.05) is 18.2 Å². The molecule has 10 atom stereocenters. The Morgan fingerprint density at radius 3 is 2.10 bits per heavy atom. The van der Waals surface area contributed by atoms with Crippen LogP contribution in [0.5, 0.6) is 0 Å². The summed E-state index contributed by atoms with van der Waals surface area (Å²) in [4.78, 5) is 0. The molecule has 5 fully saturated rings. The first-order valence-electron chi connectivity index (χ1n) is 16.2. The van der Waals surface area contributed by atoms with E-state index in [-0.39, 0.29) is 16.9 Å². The Hall–Kier alpha value is -1.12. The first-order chi connectivity index (χ1) is 18.3. The third-order valence-corrected chi connectivity index (χ3v) is 14.5. The van der Waals surface area contributed by atoms with Crippen molar-refractivity contribution in [2.75, 3.05) is 6.61 Å². The number of allylic oxidation sites excluding steroid dienone is 1. The minimum absolute atomic E-state index is 0.0290. The molecule has 0 amide bonds. The molecule has 5 saturated carbocycles. The Morgan fingerprint density at radius 1 is 0.821 bits per heavy atom. The van der Waals surface area contributed by atoms with E-state index >= 15 is 0 Å². The normalized spacial score (nSPS) is 47.9. The largest absolute Gasteiger partial charge is 0.396 e. The van der Waals surface area contributed by atoms with Crippen molar-refractivity contribution in [1.29, 1.82) is 0 Å². The van der Waals surface area contributed by atoms with Gasteiger partial charge in [-0.1, -0.05) is 82.7 Å². The van der Waals surface area contributed by atoms with Crippen molar-refractivity contribution in [3.8, 4) is 0 Å². The van der Waals surface area contributed by atoms with Crippen molar-refractivity contribution in [2.24, 2.45) is 56.7 Å². The van der Waals surface area contributed by atoms with Gasteiger partial charge in [0, 0.05) is 6.61 Å². The molecule has 218 valence electrons. The Morgan fingerprint density at radius 2 is 1.51 bits per heavy atom. The highest BCUT2D eigenvalue weighted by Gasteiger charge is 2.70. The Kier molecular flexibility index (Phi) is 7.54. The summed E-state index contributed by atoms with van der Waals surface area (Å²) < 4.78 is 0. The first kappa shape index (κ1) is 29.4. The minimum Gasteiger partial charge on any atom is -0.396 e. The van der Waals surface area contributed by atoms with Crippen LogP contribution in [0.4, 0.5) is 0 Å². The fourth-order valence-electron chi connectivity index (χ4n) is 12.1. The van der Waals surface area contributed by atoms with Gasteiger partial charge in [0.25, 0.3) is 0 Å². The fraction of sp³-hybridized carbons (Fsp3) is 0.784. The smallest absolute Gasteiger partial charge is 0.0594 e. The quantitative estimate of drug-likeness (QED) is 0.372. The van der Waals surface area contributed by atoms with Gasteiger partial charge in [0.2, 0.25) is 0 Å². The molecule has 2 N–H and O–H groups in total. The van der Waals surface area contributed by atoms with Gasteiger partial charge in [0.1, 0.15) is 0 Å². The highest BCUT2D eigenvalue weighted by molar-refractivity contribution is 5.21. The van der Waals surface area contributed by atoms with Crippen molar-refractivity contribution in [1.82, 2.24) is 0 Å². The molecular formula is C37H58O2. The second kappa shape index (κ2) is 10.0. The van der Waals surface area contributed by atoms with Crippen LogP contribution in [-0.4, -0.2) is 22.9 Å². The summed E-state index contributed by atoms with van der Waals surface area (Å²) in [5.74, 6) is 3.33. The van der Waals surface area contributed by atoms with E-state index in [1.54, 1.807) is 0 Å². The summed E-state index contributed by atoms with van der Waals surface area (Å²) >= 11 is 0. The van der Waals surface area contributed by atoms with Crippen LogP contribution in [0.2, 0.25) is 0 Å². The van der Waals surface area contributed by atoms with Crippen LogP contribution in [0.25, 0.3) is 0 Å². The van der Waals surface area contributed by atoms with Crippen LogP contribution in [-0.2, 0) is 0 Å². The minimum atomic E-state index is -0.147. The summed E-state index contributed by atoms with van der Waals surface area (Å²) in [5.41, 5.74) is 3.92. The summed E-state index contributed by atoms with van der Waals surface area (Å²) in [7, 11) is 0. The van der Waals surface area contributed by atoms with Crippen LogP contribution >= 0.6 is 0 Å². The van der Waals surface area contributed by atoms with Gasteiger partial charge in [0.05, 0.1) is 6.10 Å². The van der Waals surface area contributed by atoms with Crippen molar-refractivity contribution >= 4 is 0 Å². The number of hydrogen-bond donors (Lipinski definition) is 2. The molecule has 39 heavy (non-hydrogen) atoms. The lowest BCUT2D eigenvalue weighted by Gasteiger charge is -2.73. The van der Waals surface area contributed by atoms with Crippen molar-refractivity contribution in [3.05, 3.63) is 48.0 Å². The third kappa shape index (κ3) is 4.24. The molecule has 6 rings (SSSR count). The summed E-state index contributed by atoms with van der Waals surface area (Å²) in [5, 5.41) is 21.5. The average Bonchev–Trinajstić information content (AvgIpc) is 3.28. The zero-order valence-corrected chi connectivity index (χ0v) is 26.2. The van der Waals surface area contributed by atoms with Crippen LogP contribution in [0.1, 0.15) is 111 Å². The lowest BCUT2D eigenvalue weighted by molar-refractivity contribution is -0.249. The number of rotatable bonds is 2. The van der Waals surface area contributed by atoms with Gasteiger partial charge in [-0.3, -0.25) is 0 Å². The zero-order chi connectivity index (χ0) is 28.4. The summed E-state index contributed by atoms with van der Waals surface area (Å²) in [6.07, 6.45) is 12.2. The highest BCUT2D eigenvalue weighted by atomic mass is 16.3. The van der Waals surface area contributed by atoms with Gasteiger partial charge in [-0.05, 0) is 135 Å². The molecule has 0 bridgehead atoms. The Bertz CT molecular complexity index is 1040. The second-order valence-corrected chi connectivity index (χ2v) is 16.2. The van der Waals surface area contributed by atoms with E-state index in [0.29, 0.717) is 40.6 Å². The molecular weight excluding hydrogens is 476 g/mol. The monoisotopic (exact) mass is 534 g/mol. The molecule has 1 aromatic carbocycles. The molecule has 0 spiro atoms. The van der Waals surface area contributed by atoms with Gasteiger partial charge in [-0.15, -0.1) is 0 Å². The maximum atomic E-state index is 10.9. The van der Waals surface area contributed by atoms with E-state index in [1.165, 1.54) is 68.9 Å². The fourth-order valence-corrected chi connectivity index (χ4v) is 12.1. The molecule has 0 aromatic heterocycles. The van der Waals surface area contributed by atoms with Gasteiger partial charge in [-0.25, -0.2) is 0 Å². The van der Waals surface area contributed by atoms with E-state index in [9.17, 15) is 10.2 Å². The first-order valence-corrected chi connectivity index (χ1v) is 16.2. The SMILES string of the molecule is C=C(C)[C@@H]1CC[C@]2(CO)CC[C@]3(C)[C@H](CC[C@@H]4[C@@]5(C)CC[C@H](O)C(C)(C)[C@@H]5CC[C@]43C)[C@@H]12.Cc1ccccc1.